The summed E-state index contributed by atoms with van der Waals surface area (Å²) in [5.41, 5.74) is 2.45. The van der Waals surface area contributed by atoms with E-state index in [-0.39, 0.29) is 36.8 Å². The van der Waals surface area contributed by atoms with Crippen molar-refractivity contribution in [2.24, 2.45) is 7.05 Å². The van der Waals surface area contributed by atoms with Crippen molar-refractivity contribution in [2.75, 3.05) is 37.5 Å². The van der Waals surface area contributed by atoms with E-state index in [1.165, 1.54) is 36.5 Å². The van der Waals surface area contributed by atoms with E-state index in [1.807, 2.05) is 23.7 Å². The number of piperazine rings is 1. The Labute approximate surface area is 293 Å². The number of rotatable bonds is 10. The smallest absolute Gasteiger partial charge is 0.422 e. The average molecular weight is 755 g/mol. The van der Waals surface area contributed by atoms with E-state index < -0.39 is 22.8 Å². The van der Waals surface area contributed by atoms with Crippen molar-refractivity contribution >= 4 is 67.1 Å². The van der Waals surface area contributed by atoms with E-state index >= 15 is 0 Å². The summed E-state index contributed by atoms with van der Waals surface area (Å²) in [5.74, 6) is 0.763. The average Bonchev–Trinajstić information content (AvgIpc) is 3.59. The third-order valence-electron chi connectivity index (χ3n) is 7.75. The van der Waals surface area contributed by atoms with Crippen LogP contribution >= 0.6 is 34.5 Å². The lowest BCUT2D eigenvalue weighted by molar-refractivity contribution is -0.153. The Balaban J connectivity index is 1.04. The highest BCUT2D eigenvalue weighted by atomic mass is 35.5. The number of nitrogens with one attached hydrogen (secondary N) is 1. The fourth-order valence-electron chi connectivity index (χ4n) is 5.30. The Morgan fingerprint density at radius 1 is 0.980 bits per heavy atom. The maximum absolute atomic E-state index is 13.5. The number of hydrogen-bond donors (Lipinski definition) is 1. The topological polar surface area (TPSA) is 106 Å². The number of alkyl halides is 3. The number of sulfonamides is 1. The summed E-state index contributed by atoms with van der Waals surface area (Å²) >= 11 is 12.8. The Hall–Kier alpha value is -4.02. The van der Waals surface area contributed by atoms with Crippen molar-refractivity contribution < 1.29 is 35.9 Å². The highest BCUT2D eigenvalue weighted by Gasteiger charge is 2.29. The maximum Gasteiger partial charge on any atom is 0.422 e. The first-order valence-corrected chi connectivity index (χ1v) is 17.8. The van der Waals surface area contributed by atoms with E-state index in [4.69, 9.17) is 32.7 Å². The van der Waals surface area contributed by atoms with Gasteiger partial charge in [-0.25, -0.2) is 13.4 Å². The van der Waals surface area contributed by atoms with Crippen LogP contribution in [0.1, 0.15) is 16.1 Å². The second-order valence-electron chi connectivity index (χ2n) is 11.2. The number of aromatic nitrogens is 2. The van der Waals surface area contributed by atoms with Gasteiger partial charge in [-0.15, -0.1) is 11.3 Å². The molecule has 2 aromatic carbocycles. The third kappa shape index (κ3) is 8.41. The number of anilines is 1. The standard InChI is InChI=1S/C32H28Cl2F3N5O5S2/c1-40-25-15-24(47-29-9-5-22(17-38-29)39-49(44,45)27-16-28(33)48-30(27)34)8-4-21(25)14-26(40)31(43)42-12-10-41(11-13-42)18-20-2-6-23(7-3-20)46-19-32(35,36)37/h2-9,14-17,39H,10-13,18-19H2,1H3. The summed E-state index contributed by atoms with van der Waals surface area (Å²) in [7, 11) is -2.15. The molecule has 258 valence electrons. The van der Waals surface area contributed by atoms with Gasteiger partial charge in [0.25, 0.3) is 15.9 Å². The summed E-state index contributed by atoms with van der Waals surface area (Å²) < 4.78 is 77.8. The van der Waals surface area contributed by atoms with Gasteiger partial charge in [0.15, 0.2) is 6.61 Å². The Kier molecular flexibility index (Phi) is 10.0. The lowest BCUT2D eigenvalue weighted by atomic mass is 10.2. The van der Waals surface area contributed by atoms with Crippen LogP contribution in [0.4, 0.5) is 18.9 Å². The molecule has 3 aromatic heterocycles. The largest absolute Gasteiger partial charge is 0.484 e. The van der Waals surface area contributed by atoms with Gasteiger partial charge in [-0.2, -0.15) is 13.2 Å². The van der Waals surface area contributed by atoms with Gasteiger partial charge in [-0.3, -0.25) is 14.4 Å². The number of amides is 1. The normalized spacial score (nSPS) is 14.3. The highest BCUT2D eigenvalue weighted by Crippen LogP contribution is 2.35. The molecule has 0 saturated carbocycles. The number of aryl methyl sites for hydroxylation is 1. The number of carbonyl (C=O) groups excluding carboxylic acids is 1. The van der Waals surface area contributed by atoms with Crippen LogP contribution in [0, 0.1) is 0 Å². The molecule has 10 nitrogen and oxygen atoms in total. The molecule has 0 aliphatic carbocycles. The van der Waals surface area contributed by atoms with Crippen molar-refractivity contribution in [2.45, 2.75) is 17.6 Å². The first kappa shape index (κ1) is 34.8. The molecule has 17 heteroatoms. The molecular weight excluding hydrogens is 726 g/mol. The first-order valence-electron chi connectivity index (χ1n) is 14.8. The van der Waals surface area contributed by atoms with Crippen LogP contribution in [-0.2, 0) is 23.6 Å². The SMILES string of the molecule is Cn1c(C(=O)N2CCN(Cc3ccc(OCC(F)(F)F)cc3)CC2)cc2ccc(Oc3ccc(NS(=O)(=O)c4cc(Cl)sc4Cl)cn3)cc21. The minimum Gasteiger partial charge on any atom is -0.484 e. The lowest BCUT2D eigenvalue weighted by Crippen LogP contribution is -2.48. The number of thiophene rings is 1. The summed E-state index contributed by atoms with van der Waals surface area (Å²) in [6, 6.07) is 18.1. The molecule has 1 aliphatic rings. The van der Waals surface area contributed by atoms with Gasteiger partial charge in [-0.1, -0.05) is 35.3 Å². The fourth-order valence-corrected chi connectivity index (χ4v) is 8.50. The Morgan fingerprint density at radius 3 is 2.33 bits per heavy atom. The van der Waals surface area contributed by atoms with Crippen molar-refractivity contribution in [3.05, 3.63) is 92.9 Å². The molecule has 0 atom stereocenters. The second kappa shape index (κ2) is 14.1. The van der Waals surface area contributed by atoms with E-state index in [9.17, 15) is 26.4 Å². The van der Waals surface area contributed by atoms with Crippen LogP contribution in [0.25, 0.3) is 10.9 Å². The number of fused-ring (bicyclic) bond motifs is 1. The summed E-state index contributed by atoms with van der Waals surface area (Å²) in [5, 5.41) is 0.851. The molecule has 1 aliphatic heterocycles. The molecule has 6 rings (SSSR count). The second-order valence-corrected chi connectivity index (χ2v) is 15.1. The van der Waals surface area contributed by atoms with E-state index in [0.717, 1.165) is 27.8 Å². The zero-order valence-corrected chi connectivity index (χ0v) is 28.9. The van der Waals surface area contributed by atoms with Crippen molar-refractivity contribution in [3.63, 3.8) is 0 Å². The maximum atomic E-state index is 13.5. The third-order valence-corrected chi connectivity index (χ3v) is 10.9. The molecule has 0 bridgehead atoms. The van der Waals surface area contributed by atoms with E-state index in [1.54, 1.807) is 29.2 Å². The van der Waals surface area contributed by atoms with Gasteiger partial charge < -0.3 is 18.9 Å². The predicted octanol–water partition coefficient (Wildman–Crippen LogP) is 7.43. The van der Waals surface area contributed by atoms with Crippen LogP contribution in [-0.4, -0.2) is 72.6 Å². The van der Waals surface area contributed by atoms with Crippen LogP contribution in [0.3, 0.4) is 0 Å². The zero-order chi connectivity index (χ0) is 34.9. The highest BCUT2D eigenvalue weighted by molar-refractivity contribution is 7.93. The predicted molar refractivity (Wildman–Crippen MR) is 182 cm³/mol. The number of carbonyl (C=O) groups is 1. The van der Waals surface area contributed by atoms with Crippen molar-refractivity contribution in [3.8, 4) is 17.4 Å². The van der Waals surface area contributed by atoms with Gasteiger partial charge in [0, 0.05) is 57.3 Å². The molecule has 0 radical (unpaired) electrons. The molecule has 0 spiro atoms. The minimum atomic E-state index is -4.39. The number of ether oxygens (including phenoxy) is 2. The zero-order valence-electron chi connectivity index (χ0n) is 25.7. The van der Waals surface area contributed by atoms with Crippen LogP contribution in [0.15, 0.2) is 77.8 Å². The first-order chi connectivity index (χ1) is 23.2. The summed E-state index contributed by atoms with van der Waals surface area (Å²) in [6.45, 7) is 1.60. The molecule has 0 unspecified atom stereocenters. The van der Waals surface area contributed by atoms with Gasteiger partial charge in [0.2, 0.25) is 5.88 Å². The van der Waals surface area contributed by atoms with Gasteiger partial charge in [0.05, 0.1) is 21.7 Å². The molecule has 1 N–H and O–H groups in total. The summed E-state index contributed by atoms with van der Waals surface area (Å²) in [4.78, 5) is 21.6. The van der Waals surface area contributed by atoms with Crippen LogP contribution < -0.4 is 14.2 Å². The molecule has 4 heterocycles. The molecule has 1 amide bonds. The molecular formula is C32H28Cl2F3N5O5S2. The van der Waals surface area contributed by atoms with Crippen LogP contribution in [0.5, 0.6) is 17.4 Å². The number of benzene rings is 2. The Morgan fingerprint density at radius 2 is 1.69 bits per heavy atom. The molecule has 1 saturated heterocycles. The van der Waals surface area contributed by atoms with E-state index in [2.05, 4.69) is 14.6 Å². The Bertz CT molecular complexity index is 2080. The number of pyridine rings is 1. The van der Waals surface area contributed by atoms with Crippen LogP contribution in [0.2, 0.25) is 8.67 Å². The van der Waals surface area contributed by atoms with Crippen molar-refractivity contribution in [1.29, 1.82) is 0 Å². The minimum absolute atomic E-state index is 0.0508. The molecule has 49 heavy (non-hydrogen) atoms. The monoisotopic (exact) mass is 753 g/mol. The van der Waals surface area contributed by atoms with Crippen molar-refractivity contribution in [1.82, 2.24) is 19.4 Å². The molecule has 5 aromatic rings. The summed E-state index contributed by atoms with van der Waals surface area (Å²) in [6.07, 6.45) is -3.07. The number of halogens is 5. The molecule has 1 fully saturated rings. The quantitative estimate of drug-likeness (QED) is 0.158. The number of hydrogen-bond acceptors (Lipinski definition) is 8. The number of nitrogens with zero attached hydrogens (tertiary/aromatic N) is 4. The lowest BCUT2D eigenvalue weighted by Gasteiger charge is -2.34. The van der Waals surface area contributed by atoms with Gasteiger partial charge in [0.1, 0.15) is 26.4 Å². The fraction of sp³-hybridized carbons (Fsp3) is 0.250. The van der Waals surface area contributed by atoms with Gasteiger partial charge >= 0.3 is 6.18 Å². The van der Waals surface area contributed by atoms with E-state index in [0.29, 0.717) is 44.2 Å². The van der Waals surface area contributed by atoms with Gasteiger partial charge in [-0.05, 0) is 48.0 Å².